The molecule has 132 valence electrons. The molecule has 0 spiro atoms. The highest BCUT2D eigenvalue weighted by atomic mass is 19.4. The van der Waals surface area contributed by atoms with Gasteiger partial charge in [0.05, 0.1) is 5.56 Å². The fraction of sp³-hybridized carbons (Fsp3) is 0.529. The molecule has 4 nitrogen and oxygen atoms in total. The summed E-state index contributed by atoms with van der Waals surface area (Å²) >= 11 is 0. The van der Waals surface area contributed by atoms with E-state index in [4.69, 9.17) is 0 Å². The largest absolute Gasteiger partial charge is 0.416 e. The average Bonchev–Trinajstić information content (AvgIpc) is 3.22. The molecule has 0 heterocycles. The van der Waals surface area contributed by atoms with Gasteiger partial charge in [-0.2, -0.15) is 13.2 Å². The van der Waals surface area contributed by atoms with Crippen LogP contribution in [0.2, 0.25) is 0 Å². The molecule has 7 heteroatoms. The number of carbonyl (C=O) groups excluding carboxylic acids is 2. The van der Waals surface area contributed by atoms with Gasteiger partial charge in [-0.15, -0.1) is 0 Å². The SMILES string of the molecule is CC(=O)NC(C(=O)NC1CC1c1ccccc1C(F)(F)F)C(C)C. The molecule has 0 radical (unpaired) electrons. The normalized spacial score (nSPS) is 21.3. The van der Waals surface area contributed by atoms with Crippen molar-refractivity contribution in [3.05, 3.63) is 35.4 Å². The first-order chi connectivity index (χ1) is 11.1. The number of benzene rings is 1. The Kier molecular flexibility index (Phi) is 5.20. The fourth-order valence-electron chi connectivity index (χ4n) is 2.80. The third-order valence-electron chi connectivity index (χ3n) is 4.09. The van der Waals surface area contributed by atoms with Gasteiger partial charge < -0.3 is 10.6 Å². The molecule has 1 saturated carbocycles. The molecule has 1 aromatic rings. The first-order valence-corrected chi connectivity index (χ1v) is 7.85. The topological polar surface area (TPSA) is 58.2 Å². The van der Waals surface area contributed by atoms with E-state index < -0.39 is 17.8 Å². The minimum Gasteiger partial charge on any atom is -0.351 e. The Morgan fingerprint density at radius 2 is 1.83 bits per heavy atom. The van der Waals surface area contributed by atoms with E-state index in [-0.39, 0.29) is 35.3 Å². The predicted molar refractivity (Wildman–Crippen MR) is 83.2 cm³/mol. The van der Waals surface area contributed by atoms with Crippen molar-refractivity contribution in [3.63, 3.8) is 0 Å². The van der Waals surface area contributed by atoms with Crippen molar-refractivity contribution >= 4 is 11.8 Å². The van der Waals surface area contributed by atoms with Gasteiger partial charge in [0.25, 0.3) is 0 Å². The van der Waals surface area contributed by atoms with Gasteiger partial charge in [-0.3, -0.25) is 9.59 Å². The predicted octanol–water partition coefficient (Wildman–Crippen LogP) is 2.84. The minimum absolute atomic E-state index is 0.117. The summed E-state index contributed by atoms with van der Waals surface area (Å²) in [5.74, 6) is -1.15. The van der Waals surface area contributed by atoms with Crippen LogP contribution in [0.1, 0.15) is 44.2 Å². The Balaban J connectivity index is 2.06. The number of halogens is 3. The lowest BCUT2D eigenvalue weighted by molar-refractivity contribution is -0.138. The summed E-state index contributed by atoms with van der Waals surface area (Å²) in [7, 11) is 0. The molecule has 24 heavy (non-hydrogen) atoms. The zero-order valence-corrected chi connectivity index (χ0v) is 13.8. The molecule has 3 unspecified atom stereocenters. The zero-order valence-electron chi connectivity index (χ0n) is 13.8. The minimum atomic E-state index is -4.41. The van der Waals surface area contributed by atoms with Crippen LogP contribution in [0.25, 0.3) is 0 Å². The lowest BCUT2D eigenvalue weighted by Crippen LogP contribution is -2.49. The van der Waals surface area contributed by atoms with E-state index >= 15 is 0 Å². The molecule has 1 aliphatic rings. The Morgan fingerprint density at radius 1 is 1.21 bits per heavy atom. The first kappa shape index (κ1) is 18.3. The Hall–Kier alpha value is -2.05. The van der Waals surface area contributed by atoms with E-state index in [2.05, 4.69) is 10.6 Å². The van der Waals surface area contributed by atoms with Crippen molar-refractivity contribution in [2.75, 3.05) is 0 Å². The van der Waals surface area contributed by atoms with Crippen LogP contribution in [0.3, 0.4) is 0 Å². The van der Waals surface area contributed by atoms with E-state index in [1.807, 2.05) is 0 Å². The van der Waals surface area contributed by atoms with Crippen molar-refractivity contribution in [2.45, 2.75) is 51.4 Å². The molecule has 2 rings (SSSR count). The van der Waals surface area contributed by atoms with Crippen molar-refractivity contribution in [3.8, 4) is 0 Å². The van der Waals surface area contributed by atoms with Crippen LogP contribution in [0.5, 0.6) is 0 Å². The number of alkyl halides is 3. The van der Waals surface area contributed by atoms with Crippen LogP contribution in [0, 0.1) is 5.92 Å². The standard InChI is InChI=1S/C17H21F3N2O2/c1-9(2)15(21-10(3)23)16(24)22-14-8-12(14)11-6-4-5-7-13(11)17(18,19)20/h4-7,9,12,14-15H,8H2,1-3H3,(H,21,23)(H,22,24). The molecule has 0 bridgehead atoms. The second kappa shape index (κ2) is 6.83. The number of rotatable bonds is 5. The van der Waals surface area contributed by atoms with E-state index in [0.717, 1.165) is 6.07 Å². The van der Waals surface area contributed by atoms with Gasteiger partial charge >= 0.3 is 6.18 Å². The highest BCUT2D eigenvalue weighted by Gasteiger charge is 2.45. The van der Waals surface area contributed by atoms with Crippen LogP contribution in [0.4, 0.5) is 13.2 Å². The third kappa shape index (κ3) is 4.27. The number of carbonyl (C=O) groups is 2. The molecule has 1 aromatic carbocycles. The van der Waals surface area contributed by atoms with Crippen LogP contribution >= 0.6 is 0 Å². The molecular weight excluding hydrogens is 321 g/mol. The lowest BCUT2D eigenvalue weighted by Gasteiger charge is -2.21. The van der Waals surface area contributed by atoms with Gasteiger partial charge in [0.15, 0.2) is 0 Å². The summed E-state index contributed by atoms with van der Waals surface area (Å²) < 4.78 is 39.2. The summed E-state index contributed by atoms with van der Waals surface area (Å²) in [4.78, 5) is 23.5. The summed E-state index contributed by atoms with van der Waals surface area (Å²) in [6.07, 6.45) is -3.95. The first-order valence-electron chi connectivity index (χ1n) is 7.85. The van der Waals surface area contributed by atoms with E-state index in [9.17, 15) is 22.8 Å². The second-order valence-corrected chi connectivity index (χ2v) is 6.46. The molecule has 0 saturated heterocycles. The number of hydrogen-bond acceptors (Lipinski definition) is 2. The van der Waals surface area contributed by atoms with E-state index in [0.29, 0.717) is 6.42 Å². The van der Waals surface area contributed by atoms with Crippen molar-refractivity contribution in [1.29, 1.82) is 0 Å². The Labute approximate surface area is 138 Å². The lowest BCUT2D eigenvalue weighted by atomic mass is 10.0. The summed E-state index contributed by atoms with van der Waals surface area (Å²) in [6, 6.07) is 4.40. The van der Waals surface area contributed by atoms with Gasteiger partial charge in [-0.25, -0.2) is 0 Å². The van der Waals surface area contributed by atoms with E-state index in [1.54, 1.807) is 19.9 Å². The van der Waals surface area contributed by atoms with Gasteiger partial charge in [-0.05, 0) is 24.0 Å². The average molecular weight is 342 g/mol. The van der Waals surface area contributed by atoms with E-state index in [1.165, 1.54) is 19.1 Å². The maximum absolute atomic E-state index is 13.1. The van der Waals surface area contributed by atoms with Crippen molar-refractivity contribution < 1.29 is 22.8 Å². The molecular formula is C17H21F3N2O2. The molecule has 2 amide bonds. The summed E-state index contributed by atoms with van der Waals surface area (Å²) in [5.41, 5.74) is -0.454. The Morgan fingerprint density at radius 3 is 2.38 bits per heavy atom. The number of nitrogens with one attached hydrogen (secondary N) is 2. The highest BCUT2D eigenvalue weighted by molar-refractivity contribution is 5.87. The van der Waals surface area contributed by atoms with Crippen LogP contribution < -0.4 is 10.6 Å². The fourth-order valence-corrected chi connectivity index (χ4v) is 2.80. The second-order valence-electron chi connectivity index (χ2n) is 6.46. The van der Waals surface area contributed by atoms with Gasteiger partial charge in [0.2, 0.25) is 11.8 Å². The summed E-state index contributed by atoms with van der Waals surface area (Å²) in [6.45, 7) is 4.91. The third-order valence-corrected chi connectivity index (χ3v) is 4.09. The van der Waals surface area contributed by atoms with Crippen molar-refractivity contribution in [1.82, 2.24) is 10.6 Å². The molecule has 0 aromatic heterocycles. The molecule has 3 atom stereocenters. The molecule has 0 aliphatic heterocycles. The quantitative estimate of drug-likeness (QED) is 0.864. The molecule has 2 N–H and O–H groups in total. The van der Waals surface area contributed by atoms with Gasteiger partial charge in [0.1, 0.15) is 6.04 Å². The molecule has 1 fully saturated rings. The maximum Gasteiger partial charge on any atom is 0.416 e. The molecule has 1 aliphatic carbocycles. The monoisotopic (exact) mass is 342 g/mol. The van der Waals surface area contributed by atoms with Gasteiger partial charge in [0, 0.05) is 18.9 Å². The van der Waals surface area contributed by atoms with Crippen LogP contribution in [-0.2, 0) is 15.8 Å². The summed E-state index contributed by atoms with van der Waals surface area (Å²) in [5, 5.41) is 5.32. The number of amides is 2. The van der Waals surface area contributed by atoms with Crippen LogP contribution in [-0.4, -0.2) is 23.9 Å². The zero-order chi connectivity index (χ0) is 18.1. The highest BCUT2D eigenvalue weighted by Crippen LogP contribution is 2.46. The Bertz CT molecular complexity index is 629. The van der Waals surface area contributed by atoms with Crippen molar-refractivity contribution in [2.24, 2.45) is 5.92 Å². The maximum atomic E-state index is 13.1. The van der Waals surface area contributed by atoms with Gasteiger partial charge in [-0.1, -0.05) is 32.0 Å². The smallest absolute Gasteiger partial charge is 0.351 e. The number of hydrogen-bond donors (Lipinski definition) is 2. The van der Waals surface area contributed by atoms with Crippen LogP contribution in [0.15, 0.2) is 24.3 Å².